The van der Waals surface area contributed by atoms with Crippen molar-refractivity contribution in [3.63, 3.8) is 0 Å². The summed E-state index contributed by atoms with van der Waals surface area (Å²) in [6.07, 6.45) is -0.571. The monoisotopic (exact) mass is 365 g/mol. The molecular weight excluding hydrogens is 356 g/mol. The number of halogens is 2. The van der Waals surface area contributed by atoms with E-state index < -0.39 is 30.9 Å². The fourth-order valence-corrected chi connectivity index (χ4v) is 3.85. The standard InChI is InChI=1S/C11H10Cl2N3O5P/c12-5-1-6-9-8(7(5)13)14-2-4(3-22(19,20)21)16(9)11(18)10(17)15-6/h1,4,14H,2-3H2,(H,15,17)(H2,19,20,21). The maximum absolute atomic E-state index is 12.2. The molecule has 2 aromatic rings. The average molecular weight is 366 g/mol. The summed E-state index contributed by atoms with van der Waals surface area (Å²) in [5, 5.41) is 3.27. The van der Waals surface area contributed by atoms with Gasteiger partial charge in [-0.2, -0.15) is 0 Å². The van der Waals surface area contributed by atoms with E-state index in [1.807, 2.05) is 0 Å². The minimum atomic E-state index is -4.38. The van der Waals surface area contributed by atoms with Gasteiger partial charge in [-0.05, 0) is 6.07 Å². The number of benzene rings is 1. The van der Waals surface area contributed by atoms with Crippen LogP contribution < -0.4 is 16.4 Å². The van der Waals surface area contributed by atoms with Gasteiger partial charge in [0.05, 0.1) is 39.0 Å². The minimum Gasteiger partial charge on any atom is -0.380 e. The molecule has 0 spiro atoms. The number of aromatic nitrogens is 2. The molecule has 4 N–H and O–H groups in total. The van der Waals surface area contributed by atoms with Crippen LogP contribution in [0.4, 0.5) is 5.69 Å². The lowest BCUT2D eigenvalue weighted by Gasteiger charge is -2.29. The fourth-order valence-electron chi connectivity index (χ4n) is 2.59. The highest BCUT2D eigenvalue weighted by Gasteiger charge is 2.31. The topological polar surface area (TPSA) is 124 Å². The van der Waals surface area contributed by atoms with Gasteiger partial charge in [-0.3, -0.25) is 18.7 Å². The maximum Gasteiger partial charge on any atom is 0.327 e. The molecule has 8 nitrogen and oxygen atoms in total. The van der Waals surface area contributed by atoms with Crippen molar-refractivity contribution in [1.29, 1.82) is 0 Å². The van der Waals surface area contributed by atoms with Crippen molar-refractivity contribution >= 4 is 47.5 Å². The number of anilines is 1. The van der Waals surface area contributed by atoms with Crippen molar-refractivity contribution in [2.75, 3.05) is 18.0 Å². The Morgan fingerprint density at radius 2 is 2.05 bits per heavy atom. The van der Waals surface area contributed by atoms with Crippen molar-refractivity contribution < 1.29 is 14.4 Å². The van der Waals surface area contributed by atoms with Gasteiger partial charge in [-0.25, -0.2) is 0 Å². The summed E-state index contributed by atoms with van der Waals surface area (Å²) in [5.41, 5.74) is -0.915. The van der Waals surface area contributed by atoms with E-state index in [4.69, 9.17) is 33.0 Å². The Kier molecular flexibility index (Phi) is 3.62. The summed E-state index contributed by atoms with van der Waals surface area (Å²) in [7, 11) is -4.38. The highest BCUT2D eigenvalue weighted by atomic mass is 35.5. The van der Waals surface area contributed by atoms with E-state index in [9.17, 15) is 14.2 Å². The first-order valence-electron chi connectivity index (χ1n) is 6.14. The van der Waals surface area contributed by atoms with Crippen LogP contribution in [-0.4, -0.2) is 32.0 Å². The van der Waals surface area contributed by atoms with E-state index >= 15 is 0 Å². The van der Waals surface area contributed by atoms with Crippen LogP contribution in [0.1, 0.15) is 6.04 Å². The second-order valence-corrected chi connectivity index (χ2v) is 7.43. The molecule has 0 saturated carbocycles. The normalized spacial score (nSPS) is 17.5. The molecule has 0 aliphatic carbocycles. The lowest BCUT2D eigenvalue weighted by atomic mass is 10.1. The Bertz CT molecular complexity index is 947. The summed E-state index contributed by atoms with van der Waals surface area (Å²) in [6.45, 7) is 0.0383. The zero-order valence-electron chi connectivity index (χ0n) is 10.8. The number of nitrogens with one attached hydrogen (secondary N) is 2. The molecule has 1 aliphatic rings. The summed E-state index contributed by atoms with van der Waals surface area (Å²) in [6, 6.07) is 0.518. The van der Waals surface area contributed by atoms with Crippen LogP contribution in [0.15, 0.2) is 15.7 Å². The number of hydrogen-bond acceptors (Lipinski definition) is 4. The van der Waals surface area contributed by atoms with Gasteiger partial charge in [0.15, 0.2) is 0 Å². The maximum atomic E-state index is 12.2. The molecule has 0 amide bonds. The minimum absolute atomic E-state index is 0.0383. The number of rotatable bonds is 2. The van der Waals surface area contributed by atoms with Crippen LogP contribution in [0.2, 0.25) is 10.0 Å². The van der Waals surface area contributed by atoms with Crippen LogP contribution in [0.25, 0.3) is 11.0 Å². The molecule has 0 radical (unpaired) electrons. The second-order valence-electron chi connectivity index (χ2n) is 4.95. The van der Waals surface area contributed by atoms with Gasteiger partial charge in [0.2, 0.25) is 0 Å². The van der Waals surface area contributed by atoms with E-state index in [-0.39, 0.29) is 27.6 Å². The molecule has 1 unspecified atom stereocenters. The molecule has 1 aromatic carbocycles. The van der Waals surface area contributed by atoms with Crippen LogP contribution in [0.5, 0.6) is 0 Å². The fraction of sp³-hybridized carbons (Fsp3) is 0.273. The van der Waals surface area contributed by atoms with Gasteiger partial charge in [0, 0.05) is 6.54 Å². The molecule has 11 heteroatoms. The highest BCUT2D eigenvalue weighted by Crippen LogP contribution is 2.43. The van der Waals surface area contributed by atoms with Crippen molar-refractivity contribution in [2.45, 2.75) is 6.04 Å². The third-order valence-corrected chi connectivity index (χ3v) is 5.11. The van der Waals surface area contributed by atoms with Crippen molar-refractivity contribution in [2.24, 2.45) is 0 Å². The Morgan fingerprint density at radius 1 is 1.36 bits per heavy atom. The molecule has 0 saturated heterocycles. The molecule has 22 heavy (non-hydrogen) atoms. The van der Waals surface area contributed by atoms with E-state index in [1.54, 1.807) is 0 Å². The lowest BCUT2D eigenvalue weighted by molar-refractivity contribution is 0.361. The van der Waals surface area contributed by atoms with Gasteiger partial charge in [-0.1, -0.05) is 23.2 Å². The zero-order chi connectivity index (χ0) is 16.2. The number of hydrogen-bond donors (Lipinski definition) is 4. The summed E-state index contributed by atoms with van der Waals surface area (Å²) < 4.78 is 12.3. The van der Waals surface area contributed by atoms with Crippen LogP contribution in [-0.2, 0) is 4.57 Å². The Balaban J connectivity index is 2.40. The summed E-state index contributed by atoms with van der Waals surface area (Å²) in [5.74, 6) is 0. The SMILES string of the molecule is O=c1[nH]c2cc(Cl)c(Cl)c3c2n(c1=O)C(CP(=O)(O)O)CN3. The molecule has 1 aromatic heterocycles. The molecule has 1 atom stereocenters. The lowest BCUT2D eigenvalue weighted by Crippen LogP contribution is -2.43. The van der Waals surface area contributed by atoms with Crippen LogP contribution in [0, 0.1) is 0 Å². The zero-order valence-corrected chi connectivity index (χ0v) is 13.2. The first kappa shape index (κ1) is 15.6. The van der Waals surface area contributed by atoms with Crippen LogP contribution >= 0.6 is 30.8 Å². The molecule has 2 heterocycles. The molecule has 1 aliphatic heterocycles. The Hall–Kier alpha value is -1.31. The molecule has 0 fully saturated rings. The Labute approximate surface area is 132 Å². The quantitative estimate of drug-likeness (QED) is 0.467. The molecular formula is C11H10Cl2N3O5P. The second kappa shape index (κ2) is 5.11. The predicted molar refractivity (Wildman–Crippen MR) is 83.3 cm³/mol. The van der Waals surface area contributed by atoms with Crippen molar-refractivity contribution in [1.82, 2.24) is 9.55 Å². The molecule has 0 bridgehead atoms. The first-order chi connectivity index (χ1) is 10.2. The predicted octanol–water partition coefficient (Wildman–Crippen LogP) is 1.14. The summed E-state index contributed by atoms with van der Waals surface area (Å²) >= 11 is 12.1. The van der Waals surface area contributed by atoms with Crippen molar-refractivity contribution in [3.8, 4) is 0 Å². The van der Waals surface area contributed by atoms with Gasteiger partial charge in [0.1, 0.15) is 0 Å². The highest BCUT2D eigenvalue weighted by molar-refractivity contribution is 7.51. The van der Waals surface area contributed by atoms with E-state index in [1.165, 1.54) is 6.07 Å². The van der Waals surface area contributed by atoms with Gasteiger partial charge in [-0.15, -0.1) is 0 Å². The third-order valence-electron chi connectivity index (χ3n) is 3.42. The third kappa shape index (κ3) is 2.47. The number of aromatic amines is 1. The van der Waals surface area contributed by atoms with E-state index in [2.05, 4.69) is 10.3 Å². The van der Waals surface area contributed by atoms with Gasteiger partial charge < -0.3 is 20.1 Å². The van der Waals surface area contributed by atoms with Gasteiger partial charge >= 0.3 is 18.7 Å². The number of H-pyrrole nitrogens is 1. The smallest absolute Gasteiger partial charge is 0.327 e. The van der Waals surface area contributed by atoms with E-state index in [0.29, 0.717) is 5.69 Å². The van der Waals surface area contributed by atoms with E-state index in [0.717, 1.165) is 4.57 Å². The first-order valence-corrected chi connectivity index (χ1v) is 8.69. The number of nitrogens with zero attached hydrogens (tertiary/aromatic N) is 1. The van der Waals surface area contributed by atoms with Gasteiger partial charge in [0.25, 0.3) is 0 Å². The van der Waals surface area contributed by atoms with Crippen molar-refractivity contribution in [3.05, 3.63) is 36.8 Å². The Morgan fingerprint density at radius 3 is 2.68 bits per heavy atom. The largest absolute Gasteiger partial charge is 0.380 e. The molecule has 3 rings (SSSR count). The average Bonchev–Trinajstić information content (AvgIpc) is 2.40. The molecule has 118 valence electrons. The summed E-state index contributed by atoms with van der Waals surface area (Å²) in [4.78, 5) is 44.7. The van der Waals surface area contributed by atoms with Crippen LogP contribution in [0.3, 0.4) is 0 Å².